The van der Waals surface area contributed by atoms with Crippen LogP contribution in [-0.4, -0.2) is 48.2 Å². The molecule has 0 aromatic carbocycles. The van der Waals surface area contributed by atoms with Crippen molar-refractivity contribution in [3.8, 4) is 0 Å². The number of amides is 1. The van der Waals surface area contributed by atoms with Crippen molar-refractivity contribution in [2.75, 3.05) is 19.8 Å². The van der Waals surface area contributed by atoms with Crippen LogP contribution in [0.25, 0.3) is 0 Å². The van der Waals surface area contributed by atoms with Gasteiger partial charge in [-0.2, -0.15) is 0 Å². The van der Waals surface area contributed by atoms with Gasteiger partial charge in [0.2, 0.25) is 5.91 Å². The number of hydrogen-bond donors (Lipinski definition) is 0. The summed E-state index contributed by atoms with van der Waals surface area (Å²) in [7, 11) is 0. The monoisotopic (exact) mass is 269 g/mol. The molecule has 108 valence electrons. The third-order valence-electron chi connectivity index (χ3n) is 3.49. The van der Waals surface area contributed by atoms with Gasteiger partial charge in [-0.15, -0.1) is 0 Å². The third-order valence-corrected chi connectivity index (χ3v) is 3.49. The molecule has 2 saturated heterocycles. The Morgan fingerprint density at radius 3 is 2.58 bits per heavy atom. The van der Waals surface area contributed by atoms with Crippen molar-refractivity contribution in [3.05, 3.63) is 0 Å². The lowest BCUT2D eigenvalue weighted by Gasteiger charge is -2.28. The lowest BCUT2D eigenvalue weighted by atomic mass is 10.1. The molecule has 1 unspecified atom stereocenters. The van der Waals surface area contributed by atoms with Crippen LogP contribution < -0.4 is 0 Å². The molecule has 0 radical (unpaired) electrons. The molecule has 2 rings (SSSR count). The van der Waals surface area contributed by atoms with Crippen molar-refractivity contribution in [3.63, 3.8) is 0 Å². The molecule has 2 atom stereocenters. The molecule has 0 saturated carbocycles. The van der Waals surface area contributed by atoms with E-state index in [0.717, 1.165) is 12.8 Å². The molecule has 2 aliphatic heterocycles. The summed E-state index contributed by atoms with van der Waals surface area (Å²) < 4.78 is 10.7. The highest BCUT2D eigenvalue weighted by Gasteiger charge is 2.39. The maximum Gasteiger partial charge on any atom is 0.329 e. The van der Waals surface area contributed by atoms with Gasteiger partial charge in [-0.1, -0.05) is 0 Å². The summed E-state index contributed by atoms with van der Waals surface area (Å²) in [5, 5.41) is 0. The lowest BCUT2D eigenvalue weighted by molar-refractivity contribution is -0.164. The molecule has 0 spiro atoms. The molecule has 0 N–H and O–H groups in total. The average Bonchev–Trinajstić information content (AvgIpc) is 2.97. The summed E-state index contributed by atoms with van der Waals surface area (Å²) in [6, 6.07) is -0.410. The van der Waals surface area contributed by atoms with Gasteiger partial charge < -0.3 is 14.4 Å². The number of nitrogens with zero attached hydrogens (tertiary/aromatic N) is 1. The average molecular weight is 269 g/mol. The van der Waals surface area contributed by atoms with Crippen LogP contribution in [0.15, 0.2) is 0 Å². The van der Waals surface area contributed by atoms with Crippen molar-refractivity contribution in [1.29, 1.82) is 0 Å². The predicted molar refractivity (Wildman–Crippen MR) is 69.5 cm³/mol. The zero-order chi connectivity index (χ0) is 14.0. The molecule has 19 heavy (non-hydrogen) atoms. The largest absolute Gasteiger partial charge is 0.458 e. The second-order valence-electron chi connectivity index (χ2n) is 6.28. The Labute approximate surface area is 114 Å². The first-order chi connectivity index (χ1) is 8.88. The van der Waals surface area contributed by atoms with Gasteiger partial charge in [0.15, 0.2) is 0 Å². The first-order valence-electron chi connectivity index (χ1n) is 6.99. The molecule has 5 nitrogen and oxygen atoms in total. The van der Waals surface area contributed by atoms with E-state index in [1.54, 1.807) is 4.90 Å². The van der Waals surface area contributed by atoms with Crippen LogP contribution in [-0.2, 0) is 19.1 Å². The Morgan fingerprint density at radius 2 is 2.00 bits per heavy atom. The van der Waals surface area contributed by atoms with Gasteiger partial charge in [-0.05, 0) is 40.0 Å². The van der Waals surface area contributed by atoms with Crippen molar-refractivity contribution >= 4 is 11.9 Å². The predicted octanol–water partition coefficient (Wildman–Crippen LogP) is 1.36. The minimum Gasteiger partial charge on any atom is -0.458 e. The third kappa shape index (κ3) is 3.47. The highest BCUT2D eigenvalue weighted by Crippen LogP contribution is 2.25. The molecule has 0 aliphatic carbocycles. The van der Waals surface area contributed by atoms with Gasteiger partial charge >= 0.3 is 5.97 Å². The van der Waals surface area contributed by atoms with E-state index in [1.165, 1.54) is 0 Å². The number of ether oxygens (including phenoxy) is 2. The second kappa shape index (κ2) is 5.49. The molecule has 1 amide bonds. The summed E-state index contributed by atoms with van der Waals surface area (Å²) in [5.74, 6) is -0.314. The van der Waals surface area contributed by atoms with E-state index in [4.69, 9.17) is 9.47 Å². The maximum atomic E-state index is 12.4. The van der Waals surface area contributed by atoms with E-state index in [1.807, 2.05) is 20.8 Å². The molecular weight excluding hydrogens is 246 g/mol. The Bertz CT molecular complexity index is 355. The van der Waals surface area contributed by atoms with Gasteiger partial charge in [0, 0.05) is 13.2 Å². The molecule has 0 bridgehead atoms. The Balaban J connectivity index is 2.00. The van der Waals surface area contributed by atoms with Gasteiger partial charge in [-0.3, -0.25) is 4.79 Å². The molecule has 2 heterocycles. The van der Waals surface area contributed by atoms with Crippen molar-refractivity contribution in [2.45, 2.75) is 51.7 Å². The van der Waals surface area contributed by atoms with E-state index in [-0.39, 0.29) is 17.8 Å². The van der Waals surface area contributed by atoms with Crippen LogP contribution in [0.3, 0.4) is 0 Å². The van der Waals surface area contributed by atoms with E-state index in [9.17, 15) is 9.59 Å². The summed E-state index contributed by atoms with van der Waals surface area (Å²) in [5.41, 5.74) is -0.509. The van der Waals surface area contributed by atoms with Crippen LogP contribution in [0.2, 0.25) is 0 Å². The van der Waals surface area contributed by atoms with Crippen LogP contribution in [0.5, 0.6) is 0 Å². The number of likely N-dealkylation sites (tertiary alicyclic amines) is 1. The van der Waals surface area contributed by atoms with E-state index in [2.05, 4.69) is 0 Å². The first-order valence-corrected chi connectivity index (χ1v) is 6.99. The minimum atomic E-state index is -0.509. The van der Waals surface area contributed by atoms with E-state index in [0.29, 0.717) is 26.2 Å². The van der Waals surface area contributed by atoms with Crippen molar-refractivity contribution in [1.82, 2.24) is 4.90 Å². The number of hydrogen-bond acceptors (Lipinski definition) is 4. The zero-order valence-electron chi connectivity index (χ0n) is 12.0. The first kappa shape index (κ1) is 14.3. The lowest BCUT2D eigenvalue weighted by Crippen LogP contribution is -2.46. The zero-order valence-corrected chi connectivity index (χ0v) is 12.0. The Kier molecular flexibility index (Phi) is 4.13. The highest BCUT2D eigenvalue weighted by molar-refractivity contribution is 5.86. The number of rotatable bonds is 2. The van der Waals surface area contributed by atoms with Gasteiger partial charge in [0.1, 0.15) is 11.6 Å². The van der Waals surface area contributed by atoms with E-state index >= 15 is 0 Å². The molecule has 0 aromatic rings. The summed E-state index contributed by atoms with van der Waals surface area (Å²) in [6.07, 6.45) is 2.33. The smallest absolute Gasteiger partial charge is 0.329 e. The Hall–Kier alpha value is -1.10. The number of esters is 1. The van der Waals surface area contributed by atoms with Crippen LogP contribution in [0, 0.1) is 5.92 Å². The van der Waals surface area contributed by atoms with Gasteiger partial charge in [0.25, 0.3) is 0 Å². The Morgan fingerprint density at radius 1 is 1.26 bits per heavy atom. The molecule has 0 aromatic heterocycles. The maximum absolute atomic E-state index is 12.4. The van der Waals surface area contributed by atoms with Gasteiger partial charge in [0.05, 0.1) is 12.5 Å². The van der Waals surface area contributed by atoms with Crippen molar-refractivity contribution in [2.24, 2.45) is 5.92 Å². The number of carbonyl (C=O) groups excluding carboxylic acids is 2. The fourth-order valence-electron chi connectivity index (χ4n) is 2.61. The molecular formula is C14H23NO4. The minimum absolute atomic E-state index is 0.0471. The molecule has 5 heteroatoms. The normalized spacial score (nSPS) is 27.6. The fourth-order valence-corrected chi connectivity index (χ4v) is 2.61. The van der Waals surface area contributed by atoms with Crippen LogP contribution in [0.4, 0.5) is 0 Å². The van der Waals surface area contributed by atoms with E-state index < -0.39 is 11.6 Å². The molecule has 2 aliphatic rings. The summed E-state index contributed by atoms with van der Waals surface area (Å²) in [4.78, 5) is 26.2. The van der Waals surface area contributed by atoms with Crippen LogP contribution in [0.1, 0.15) is 40.0 Å². The van der Waals surface area contributed by atoms with Crippen LogP contribution >= 0.6 is 0 Å². The van der Waals surface area contributed by atoms with Gasteiger partial charge in [-0.25, -0.2) is 4.79 Å². The number of carbonyl (C=O) groups is 2. The quantitative estimate of drug-likeness (QED) is 0.710. The highest BCUT2D eigenvalue weighted by atomic mass is 16.6. The molecule has 2 fully saturated rings. The topological polar surface area (TPSA) is 55.8 Å². The summed E-state index contributed by atoms with van der Waals surface area (Å²) in [6.45, 7) is 7.31. The fraction of sp³-hybridized carbons (Fsp3) is 0.857. The summed E-state index contributed by atoms with van der Waals surface area (Å²) >= 11 is 0. The SMILES string of the molecule is CC(C)(C)OC(=O)[C@@H]1CCCN1C(=O)C1CCOC1. The standard InChI is InChI=1S/C14H23NO4/c1-14(2,3)19-13(17)11-5-4-7-15(11)12(16)10-6-8-18-9-10/h10-11H,4-9H2,1-3H3/t10?,11-/m0/s1. The van der Waals surface area contributed by atoms with Crippen molar-refractivity contribution < 1.29 is 19.1 Å². The second-order valence-corrected chi connectivity index (χ2v) is 6.28.